The van der Waals surface area contributed by atoms with Crippen molar-refractivity contribution in [2.24, 2.45) is 0 Å². The van der Waals surface area contributed by atoms with Crippen LogP contribution in [-0.4, -0.2) is 69.3 Å². The van der Waals surface area contributed by atoms with Crippen molar-refractivity contribution in [3.63, 3.8) is 0 Å². The number of nitrogens with zero attached hydrogens (tertiary/aromatic N) is 3. The standard InChI is InChI=1S/C12H21N3O2/c1-8-5-13(8)12(4-11(16)17,14-6-9(14)2)15-7-10(15)3/h8-10H,4-7H2,1-3H3,(H,16,17). The van der Waals surface area contributed by atoms with Gasteiger partial charge in [0, 0.05) is 37.8 Å². The summed E-state index contributed by atoms with van der Waals surface area (Å²) in [6.45, 7) is 9.62. The van der Waals surface area contributed by atoms with Gasteiger partial charge in [0.2, 0.25) is 0 Å². The summed E-state index contributed by atoms with van der Waals surface area (Å²) in [6.07, 6.45) is 0.214. The van der Waals surface area contributed by atoms with Crippen LogP contribution in [0.4, 0.5) is 0 Å². The lowest BCUT2D eigenvalue weighted by molar-refractivity contribution is -0.146. The second-order valence-corrected chi connectivity index (χ2v) is 5.85. The average molecular weight is 239 g/mol. The maximum atomic E-state index is 11.3. The van der Waals surface area contributed by atoms with E-state index in [4.69, 9.17) is 0 Å². The summed E-state index contributed by atoms with van der Waals surface area (Å²) in [4.78, 5) is 18.3. The van der Waals surface area contributed by atoms with Crippen LogP contribution in [0.15, 0.2) is 0 Å². The molecule has 3 aliphatic rings. The molecule has 3 rings (SSSR count). The largest absolute Gasteiger partial charge is 0.481 e. The van der Waals surface area contributed by atoms with Crippen LogP contribution in [-0.2, 0) is 4.79 Å². The summed E-state index contributed by atoms with van der Waals surface area (Å²) in [5.41, 5.74) is 0. The maximum absolute atomic E-state index is 11.3. The highest BCUT2D eigenvalue weighted by Gasteiger charge is 2.65. The lowest BCUT2D eigenvalue weighted by Crippen LogP contribution is -2.56. The Hall–Kier alpha value is -0.650. The molecular formula is C12H21N3O2. The van der Waals surface area contributed by atoms with Gasteiger partial charge in [0.05, 0.1) is 6.42 Å². The third-order valence-electron chi connectivity index (χ3n) is 4.35. The van der Waals surface area contributed by atoms with Gasteiger partial charge in [0.25, 0.3) is 0 Å². The fraction of sp³-hybridized carbons (Fsp3) is 0.917. The summed E-state index contributed by atoms with van der Waals surface area (Å²) >= 11 is 0. The highest BCUT2D eigenvalue weighted by molar-refractivity contribution is 5.68. The van der Waals surface area contributed by atoms with Gasteiger partial charge in [-0.05, 0) is 20.8 Å². The Morgan fingerprint density at radius 3 is 1.53 bits per heavy atom. The molecule has 5 heteroatoms. The molecule has 3 aliphatic heterocycles. The van der Waals surface area contributed by atoms with E-state index in [9.17, 15) is 9.90 Å². The number of carboxylic acid groups (broad SMARTS) is 1. The Kier molecular flexibility index (Phi) is 2.31. The summed E-state index contributed by atoms with van der Waals surface area (Å²) in [5, 5.41) is 9.26. The first-order valence-corrected chi connectivity index (χ1v) is 6.49. The van der Waals surface area contributed by atoms with Gasteiger partial charge in [-0.25, -0.2) is 0 Å². The third kappa shape index (κ3) is 1.68. The minimum atomic E-state index is -0.692. The second-order valence-electron chi connectivity index (χ2n) is 5.85. The third-order valence-corrected chi connectivity index (χ3v) is 4.35. The molecule has 0 radical (unpaired) electrons. The first-order valence-electron chi connectivity index (χ1n) is 6.49. The van der Waals surface area contributed by atoms with Gasteiger partial charge < -0.3 is 5.11 Å². The van der Waals surface area contributed by atoms with E-state index in [0.29, 0.717) is 18.1 Å². The van der Waals surface area contributed by atoms with Crippen molar-refractivity contribution in [1.82, 2.24) is 14.7 Å². The highest BCUT2D eigenvalue weighted by Crippen LogP contribution is 2.48. The van der Waals surface area contributed by atoms with Crippen LogP contribution in [0, 0.1) is 0 Å². The Morgan fingerprint density at radius 2 is 1.35 bits per heavy atom. The first kappa shape index (κ1) is 11.4. The van der Waals surface area contributed by atoms with Crippen molar-refractivity contribution in [3.05, 3.63) is 0 Å². The van der Waals surface area contributed by atoms with Gasteiger partial charge in [0.15, 0.2) is 0 Å². The van der Waals surface area contributed by atoms with Crippen molar-refractivity contribution >= 4 is 5.97 Å². The van der Waals surface area contributed by atoms with Crippen molar-refractivity contribution in [3.8, 4) is 0 Å². The van der Waals surface area contributed by atoms with E-state index in [2.05, 4.69) is 35.5 Å². The topological polar surface area (TPSA) is 46.3 Å². The van der Waals surface area contributed by atoms with Gasteiger partial charge in [-0.2, -0.15) is 0 Å². The van der Waals surface area contributed by atoms with E-state index in [-0.39, 0.29) is 12.2 Å². The molecule has 3 heterocycles. The molecule has 3 fully saturated rings. The van der Waals surface area contributed by atoms with Crippen molar-refractivity contribution in [2.75, 3.05) is 19.6 Å². The molecule has 0 bridgehead atoms. The summed E-state index contributed by atoms with van der Waals surface area (Å²) < 4.78 is 0. The van der Waals surface area contributed by atoms with Crippen molar-refractivity contribution in [2.45, 2.75) is 51.1 Å². The SMILES string of the molecule is CC1CN1C(CC(=O)O)(N1CC1C)N1CC1C. The Bertz CT molecular complexity index is 319. The van der Waals surface area contributed by atoms with E-state index < -0.39 is 5.97 Å². The van der Waals surface area contributed by atoms with Crippen LogP contribution in [0.25, 0.3) is 0 Å². The van der Waals surface area contributed by atoms with Crippen LogP contribution >= 0.6 is 0 Å². The minimum absolute atomic E-state index is 0.214. The predicted molar refractivity (Wildman–Crippen MR) is 63.5 cm³/mol. The Labute approximate surface area is 102 Å². The molecular weight excluding hydrogens is 218 g/mol. The number of hydrogen-bond acceptors (Lipinski definition) is 4. The van der Waals surface area contributed by atoms with Crippen LogP contribution in [0.2, 0.25) is 0 Å². The number of rotatable bonds is 5. The first-order chi connectivity index (χ1) is 7.96. The highest BCUT2D eigenvalue weighted by atomic mass is 16.4. The molecule has 6 unspecified atom stereocenters. The van der Waals surface area contributed by atoms with Crippen LogP contribution in [0.1, 0.15) is 27.2 Å². The fourth-order valence-electron chi connectivity index (χ4n) is 3.21. The number of carboxylic acids is 1. The molecule has 1 N–H and O–H groups in total. The molecule has 5 nitrogen and oxygen atoms in total. The van der Waals surface area contributed by atoms with Crippen LogP contribution in [0.3, 0.4) is 0 Å². The molecule has 3 saturated heterocycles. The van der Waals surface area contributed by atoms with Gasteiger partial charge in [0.1, 0.15) is 5.79 Å². The summed E-state index contributed by atoms with van der Waals surface area (Å²) in [7, 11) is 0. The fourth-order valence-corrected chi connectivity index (χ4v) is 3.21. The van der Waals surface area contributed by atoms with E-state index in [1.165, 1.54) is 0 Å². The molecule has 0 aromatic rings. The van der Waals surface area contributed by atoms with Crippen LogP contribution in [0.5, 0.6) is 0 Å². The maximum Gasteiger partial charge on any atom is 0.308 e. The number of carbonyl (C=O) groups is 1. The lowest BCUT2D eigenvalue weighted by Gasteiger charge is -2.39. The monoisotopic (exact) mass is 239 g/mol. The number of aliphatic carboxylic acids is 1. The van der Waals surface area contributed by atoms with Crippen molar-refractivity contribution < 1.29 is 9.90 Å². The molecule has 0 aromatic heterocycles. The quantitative estimate of drug-likeness (QED) is 0.696. The molecule has 96 valence electrons. The molecule has 0 saturated carbocycles. The molecule has 17 heavy (non-hydrogen) atoms. The zero-order chi connectivity index (χ0) is 12.4. The van der Waals surface area contributed by atoms with Gasteiger partial charge in [-0.1, -0.05) is 0 Å². The average Bonchev–Trinajstić information content (AvgIpc) is 3.06. The van der Waals surface area contributed by atoms with Gasteiger partial charge in [-0.3, -0.25) is 19.5 Å². The Balaban J connectivity index is 1.88. The smallest absolute Gasteiger partial charge is 0.308 e. The lowest BCUT2D eigenvalue weighted by atomic mass is 10.2. The van der Waals surface area contributed by atoms with E-state index in [1.807, 2.05) is 0 Å². The normalized spacial score (nSPS) is 50.5. The zero-order valence-electron chi connectivity index (χ0n) is 10.8. The molecule has 0 aliphatic carbocycles. The second kappa shape index (κ2) is 3.43. The zero-order valence-corrected chi connectivity index (χ0v) is 10.8. The van der Waals surface area contributed by atoms with E-state index >= 15 is 0 Å². The predicted octanol–water partition coefficient (Wildman–Crippen LogP) is 0.227. The van der Waals surface area contributed by atoms with Crippen LogP contribution < -0.4 is 0 Å². The Morgan fingerprint density at radius 1 is 1.06 bits per heavy atom. The van der Waals surface area contributed by atoms with E-state index in [1.54, 1.807) is 0 Å². The summed E-state index contributed by atoms with van der Waals surface area (Å²) in [5.74, 6) is -1.02. The molecule has 0 spiro atoms. The molecule has 0 amide bonds. The van der Waals surface area contributed by atoms with Gasteiger partial charge >= 0.3 is 5.97 Å². The number of hydrogen-bond donors (Lipinski definition) is 1. The molecule has 6 atom stereocenters. The summed E-state index contributed by atoms with van der Waals surface area (Å²) in [6, 6.07) is 1.57. The van der Waals surface area contributed by atoms with Gasteiger partial charge in [-0.15, -0.1) is 0 Å². The molecule has 0 aromatic carbocycles. The van der Waals surface area contributed by atoms with Crippen molar-refractivity contribution in [1.29, 1.82) is 0 Å². The minimum Gasteiger partial charge on any atom is -0.481 e. The van der Waals surface area contributed by atoms with E-state index in [0.717, 1.165) is 19.6 Å².